The van der Waals surface area contributed by atoms with E-state index in [0.717, 1.165) is 24.9 Å². The zero-order valence-corrected chi connectivity index (χ0v) is 11.3. The third-order valence-corrected chi connectivity index (χ3v) is 4.98. The first-order valence-corrected chi connectivity index (χ1v) is 7.74. The van der Waals surface area contributed by atoms with Crippen LogP contribution < -0.4 is 5.32 Å². The highest BCUT2D eigenvalue weighted by Gasteiger charge is 2.34. The molecular formula is C15H25N3. The van der Waals surface area contributed by atoms with Crippen LogP contribution in [-0.2, 0) is 0 Å². The molecule has 0 spiro atoms. The first-order chi connectivity index (χ1) is 8.86. The molecule has 1 heterocycles. The van der Waals surface area contributed by atoms with Crippen molar-refractivity contribution in [1.29, 1.82) is 5.26 Å². The SMILES string of the molecule is N#CC1CCCCC1NCC1CCN(C2CC2)C1. The quantitative estimate of drug-likeness (QED) is 0.827. The Bertz CT molecular complexity index is 318. The maximum Gasteiger partial charge on any atom is 0.0672 e. The molecule has 0 aromatic heterocycles. The van der Waals surface area contributed by atoms with E-state index >= 15 is 0 Å². The average Bonchev–Trinajstić information content (AvgIpc) is 3.16. The van der Waals surface area contributed by atoms with Crippen LogP contribution in [0.2, 0.25) is 0 Å². The van der Waals surface area contributed by atoms with E-state index in [9.17, 15) is 5.26 Å². The van der Waals surface area contributed by atoms with E-state index in [1.165, 1.54) is 51.6 Å². The van der Waals surface area contributed by atoms with E-state index in [-0.39, 0.29) is 5.92 Å². The van der Waals surface area contributed by atoms with Crippen LogP contribution >= 0.6 is 0 Å². The molecule has 2 aliphatic carbocycles. The number of hydrogen-bond donors (Lipinski definition) is 1. The molecule has 1 N–H and O–H groups in total. The summed E-state index contributed by atoms with van der Waals surface area (Å²) in [4.78, 5) is 2.68. The maximum atomic E-state index is 9.18. The number of likely N-dealkylation sites (tertiary alicyclic amines) is 1. The second-order valence-electron chi connectivity index (χ2n) is 6.42. The Morgan fingerprint density at radius 1 is 1.11 bits per heavy atom. The summed E-state index contributed by atoms with van der Waals surface area (Å²) in [6, 6.07) is 3.89. The first-order valence-electron chi connectivity index (χ1n) is 7.74. The molecule has 3 rings (SSSR count). The highest BCUT2D eigenvalue weighted by Crippen LogP contribution is 2.31. The van der Waals surface area contributed by atoms with Crippen LogP contribution in [0.3, 0.4) is 0 Å². The lowest BCUT2D eigenvalue weighted by atomic mass is 9.85. The zero-order valence-electron chi connectivity index (χ0n) is 11.3. The van der Waals surface area contributed by atoms with Crippen molar-refractivity contribution in [2.45, 2.75) is 57.0 Å². The monoisotopic (exact) mass is 247 g/mol. The minimum atomic E-state index is 0.264. The zero-order chi connectivity index (χ0) is 12.4. The first kappa shape index (κ1) is 12.4. The third kappa shape index (κ3) is 2.87. The summed E-state index contributed by atoms with van der Waals surface area (Å²) >= 11 is 0. The van der Waals surface area contributed by atoms with Crippen LogP contribution in [0.5, 0.6) is 0 Å². The van der Waals surface area contributed by atoms with Gasteiger partial charge in [-0.3, -0.25) is 0 Å². The van der Waals surface area contributed by atoms with E-state index in [2.05, 4.69) is 16.3 Å². The van der Waals surface area contributed by atoms with E-state index in [1.807, 2.05) is 0 Å². The van der Waals surface area contributed by atoms with Gasteiger partial charge in [0.25, 0.3) is 0 Å². The highest BCUT2D eigenvalue weighted by atomic mass is 15.2. The largest absolute Gasteiger partial charge is 0.312 e. The van der Waals surface area contributed by atoms with Crippen LogP contribution in [-0.4, -0.2) is 36.6 Å². The molecule has 3 nitrogen and oxygen atoms in total. The van der Waals surface area contributed by atoms with E-state index < -0.39 is 0 Å². The summed E-state index contributed by atoms with van der Waals surface area (Å²) in [5.41, 5.74) is 0. The van der Waals surface area contributed by atoms with Gasteiger partial charge in [-0.2, -0.15) is 5.26 Å². The van der Waals surface area contributed by atoms with Crippen LogP contribution in [0.25, 0.3) is 0 Å². The van der Waals surface area contributed by atoms with Gasteiger partial charge in [0.1, 0.15) is 0 Å². The minimum Gasteiger partial charge on any atom is -0.312 e. The number of nitriles is 1. The molecule has 0 radical (unpaired) electrons. The third-order valence-electron chi connectivity index (χ3n) is 4.98. The molecule has 3 atom stereocenters. The topological polar surface area (TPSA) is 39.1 Å². The smallest absolute Gasteiger partial charge is 0.0672 e. The molecule has 18 heavy (non-hydrogen) atoms. The summed E-state index contributed by atoms with van der Waals surface area (Å²) in [6.07, 6.45) is 9.07. The fourth-order valence-corrected chi connectivity index (χ4v) is 3.65. The van der Waals surface area contributed by atoms with Crippen molar-refractivity contribution in [3.8, 4) is 6.07 Å². The minimum absolute atomic E-state index is 0.264. The molecular weight excluding hydrogens is 222 g/mol. The molecule has 3 heteroatoms. The predicted octanol–water partition coefficient (Wildman–Crippen LogP) is 2.14. The Morgan fingerprint density at radius 2 is 1.94 bits per heavy atom. The molecule has 3 unspecified atom stereocenters. The van der Waals surface area contributed by atoms with Crippen LogP contribution in [0.4, 0.5) is 0 Å². The van der Waals surface area contributed by atoms with E-state index in [4.69, 9.17) is 0 Å². The number of rotatable bonds is 4. The van der Waals surface area contributed by atoms with Crippen molar-refractivity contribution in [2.75, 3.05) is 19.6 Å². The van der Waals surface area contributed by atoms with Crippen molar-refractivity contribution < 1.29 is 0 Å². The normalized spacial score (nSPS) is 37.6. The van der Waals surface area contributed by atoms with Gasteiger partial charge < -0.3 is 10.2 Å². The van der Waals surface area contributed by atoms with Gasteiger partial charge in [0.15, 0.2) is 0 Å². The molecule has 0 aromatic carbocycles. The number of hydrogen-bond acceptors (Lipinski definition) is 3. The van der Waals surface area contributed by atoms with Crippen molar-refractivity contribution in [3.63, 3.8) is 0 Å². The van der Waals surface area contributed by atoms with E-state index in [0.29, 0.717) is 6.04 Å². The van der Waals surface area contributed by atoms with E-state index in [1.54, 1.807) is 0 Å². The molecule has 0 aromatic rings. The molecule has 3 aliphatic rings. The summed E-state index contributed by atoms with van der Waals surface area (Å²) in [5.74, 6) is 1.09. The van der Waals surface area contributed by atoms with Crippen molar-refractivity contribution in [2.24, 2.45) is 11.8 Å². The Hall–Kier alpha value is -0.590. The van der Waals surface area contributed by atoms with Crippen LogP contribution in [0.15, 0.2) is 0 Å². The molecule has 0 amide bonds. The lowest BCUT2D eigenvalue weighted by Gasteiger charge is -2.28. The second-order valence-corrected chi connectivity index (χ2v) is 6.42. The van der Waals surface area contributed by atoms with Gasteiger partial charge in [0, 0.05) is 18.6 Å². The molecule has 1 saturated heterocycles. The van der Waals surface area contributed by atoms with Gasteiger partial charge in [-0.1, -0.05) is 12.8 Å². The summed E-state index contributed by atoms with van der Waals surface area (Å²) in [5, 5.41) is 12.9. The van der Waals surface area contributed by atoms with Gasteiger partial charge in [0.05, 0.1) is 12.0 Å². The summed E-state index contributed by atoms with van der Waals surface area (Å²) in [7, 11) is 0. The summed E-state index contributed by atoms with van der Waals surface area (Å²) in [6.45, 7) is 3.73. The van der Waals surface area contributed by atoms with Crippen molar-refractivity contribution in [3.05, 3.63) is 0 Å². The Kier molecular flexibility index (Phi) is 3.86. The van der Waals surface area contributed by atoms with Gasteiger partial charge in [-0.25, -0.2) is 0 Å². The standard InChI is InChI=1S/C15H25N3/c16-9-13-3-1-2-4-15(13)17-10-12-7-8-18(11-12)14-5-6-14/h12-15,17H,1-8,10-11H2. The van der Waals surface area contributed by atoms with Crippen molar-refractivity contribution in [1.82, 2.24) is 10.2 Å². The number of nitrogens with one attached hydrogen (secondary N) is 1. The Morgan fingerprint density at radius 3 is 2.72 bits per heavy atom. The molecule has 100 valence electrons. The summed E-state index contributed by atoms with van der Waals surface area (Å²) < 4.78 is 0. The Balaban J connectivity index is 1.42. The average molecular weight is 247 g/mol. The lowest BCUT2D eigenvalue weighted by Crippen LogP contribution is -2.41. The van der Waals surface area contributed by atoms with Crippen molar-refractivity contribution >= 4 is 0 Å². The van der Waals surface area contributed by atoms with Gasteiger partial charge in [-0.05, 0) is 51.1 Å². The number of nitrogens with zero attached hydrogens (tertiary/aromatic N) is 2. The fourth-order valence-electron chi connectivity index (χ4n) is 3.65. The Labute approximate surface area is 111 Å². The second kappa shape index (κ2) is 5.59. The maximum absolute atomic E-state index is 9.18. The van der Waals surface area contributed by atoms with Gasteiger partial charge in [0.2, 0.25) is 0 Å². The molecule has 0 bridgehead atoms. The van der Waals surface area contributed by atoms with Gasteiger partial charge >= 0.3 is 0 Å². The van der Waals surface area contributed by atoms with Gasteiger partial charge in [-0.15, -0.1) is 0 Å². The molecule has 3 fully saturated rings. The highest BCUT2D eigenvalue weighted by molar-refractivity contribution is 4.95. The molecule has 1 aliphatic heterocycles. The fraction of sp³-hybridized carbons (Fsp3) is 0.933. The molecule has 2 saturated carbocycles. The lowest BCUT2D eigenvalue weighted by molar-refractivity contribution is 0.282. The predicted molar refractivity (Wildman–Crippen MR) is 72.1 cm³/mol. The van der Waals surface area contributed by atoms with Crippen LogP contribution in [0, 0.1) is 23.2 Å². The van der Waals surface area contributed by atoms with Crippen LogP contribution in [0.1, 0.15) is 44.9 Å².